The third-order valence-electron chi connectivity index (χ3n) is 2.88. The summed E-state index contributed by atoms with van der Waals surface area (Å²) in [4.78, 5) is 13.9. The van der Waals surface area contributed by atoms with Gasteiger partial charge in [-0.2, -0.15) is 11.8 Å². The summed E-state index contributed by atoms with van der Waals surface area (Å²) < 4.78 is 5.17. The van der Waals surface area contributed by atoms with Crippen LogP contribution in [0, 0.1) is 0 Å². The van der Waals surface area contributed by atoms with Crippen molar-refractivity contribution in [2.45, 2.75) is 19.0 Å². The number of hydrogen-bond donors (Lipinski definition) is 1. The number of rotatable bonds is 3. The Balaban J connectivity index is 2.05. The lowest BCUT2D eigenvalue weighted by atomic mass is 10.2. The third-order valence-corrected chi connectivity index (χ3v) is 4.02. The van der Waals surface area contributed by atoms with Crippen molar-refractivity contribution in [1.82, 2.24) is 4.90 Å². The average Bonchev–Trinajstić information content (AvgIpc) is 2.97. The van der Waals surface area contributed by atoms with Crippen molar-refractivity contribution in [2.75, 3.05) is 18.6 Å². The molecule has 16 heavy (non-hydrogen) atoms. The second-order valence-corrected chi connectivity index (χ2v) is 5.09. The summed E-state index contributed by atoms with van der Waals surface area (Å²) in [6.45, 7) is 0.330. The van der Waals surface area contributed by atoms with Crippen molar-refractivity contribution in [2.24, 2.45) is 5.73 Å². The van der Waals surface area contributed by atoms with E-state index in [1.54, 1.807) is 6.07 Å². The standard InChI is InChI=1S/C11H16N2O2S/c1-13(9-2-3-16-7-9)11(14)8-4-10(5-12)15-6-8/h4,6,9H,2-3,5,7,12H2,1H3. The molecule has 0 aliphatic carbocycles. The van der Waals surface area contributed by atoms with Gasteiger partial charge in [0.2, 0.25) is 0 Å². The maximum Gasteiger partial charge on any atom is 0.257 e. The Morgan fingerprint density at radius 1 is 1.75 bits per heavy atom. The van der Waals surface area contributed by atoms with E-state index in [0.717, 1.165) is 17.9 Å². The Morgan fingerprint density at radius 3 is 3.12 bits per heavy atom. The van der Waals surface area contributed by atoms with Gasteiger partial charge in [0.25, 0.3) is 5.91 Å². The highest BCUT2D eigenvalue weighted by molar-refractivity contribution is 7.99. The zero-order chi connectivity index (χ0) is 11.5. The lowest BCUT2D eigenvalue weighted by Gasteiger charge is -2.22. The minimum Gasteiger partial charge on any atom is -0.467 e. The van der Waals surface area contributed by atoms with Crippen molar-refractivity contribution in [3.05, 3.63) is 23.7 Å². The van der Waals surface area contributed by atoms with E-state index in [1.807, 2.05) is 23.7 Å². The normalized spacial score (nSPS) is 20.0. The molecule has 88 valence electrons. The molecule has 1 atom stereocenters. The first-order valence-corrected chi connectivity index (χ1v) is 6.50. The number of carbonyl (C=O) groups is 1. The van der Waals surface area contributed by atoms with Crippen LogP contribution in [0.4, 0.5) is 0 Å². The van der Waals surface area contributed by atoms with Gasteiger partial charge in [-0.15, -0.1) is 0 Å². The summed E-state index contributed by atoms with van der Waals surface area (Å²) in [5.41, 5.74) is 6.04. The van der Waals surface area contributed by atoms with Crippen molar-refractivity contribution in [1.29, 1.82) is 0 Å². The number of furan rings is 1. The first-order chi connectivity index (χ1) is 7.72. The van der Waals surface area contributed by atoms with Crippen LogP contribution in [0.15, 0.2) is 16.7 Å². The fourth-order valence-electron chi connectivity index (χ4n) is 1.80. The van der Waals surface area contributed by atoms with E-state index in [-0.39, 0.29) is 5.91 Å². The molecule has 1 aliphatic rings. The minimum atomic E-state index is 0.0240. The molecule has 1 fully saturated rings. The number of carbonyl (C=O) groups excluding carboxylic acids is 1. The number of hydrogen-bond acceptors (Lipinski definition) is 4. The maximum absolute atomic E-state index is 12.1. The van der Waals surface area contributed by atoms with Crippen LogP contribution < -0.4 is 5.73 Å². The molecule has 0 aromatic carbocycles. The van der Waals surface area contributed by atoms with Crippen LogP contribution in [-0.4, -0.2) is 35.4 Å². The summed E-state index contributed by atoms with van der Waals surface area (Å²) in [5.74, 6) is 2.85. The van der Waals surface area contributed by atoms with Crippen LogP contribution in [0.5, 0.6) is 0 Å². The lowest BCUT2D eigenvalue weighted by Crippen LogP contribution is -2.36. The van der Waals surface area contributed by atoms with Gasteiger partial charge in [0.15, 0.2) is 0 Å². The van der Waals surface area contributed by atoms with Crippen LogP contribution in [0.2, 0.25) is 0 Å². The van der Waals surface area contributed by atoms with Crippen LogP contribution in [-0.2, 0) is 6.54 Å². The van der Waals surface area contributed by atoms with Gasteiger partial charge in [-0.3, -0.25) is 4.79 Å². The Bertz CT molecular complexity index is 372. The highest BCUT2D eigenvalue weighted by atomic mass is 32.2. The van der Waals surface area contributed by atoms with E-state index < -0.39 is 0 Å². The number of amides is 1. The van der Waals surface area contributed by atoms with Gasteiger partial charge in [0, 0.05) is 18.8 Å². The van der Waals surface area contributed by atoms with E-state index >= 15 is 0 Å². The summed E-state index contributed by atoms with van der Waals surface area (Å²) in [6, 6.07) is 2.08. The van der Waals surface area contributed by atoms with Crippen LogP contribution in [0.1, 0.15) is 22.5 Å². The molecule has 1 saturated heterocycles. The van der Waals surface area contributed by atoms with Crippen molar-refractivity contribution >= 4 is 17.7 Å². The largest absolute Gasteiger partial charge is 0.467 e. The van der Waals surface area contributed by atoms with Gasteiger partial charge < -0.3 is 15.1 Å². The predicted molar refractivity (Wildman–Crippen MR) is 64.4 cm³/mol. The fraction of sp³-hybridized carbons (Fsp3) is 0.545. The molecule has 4 nitrogen and oxygen atoms in total. The highest BCUT2D eigenvalue weighted by Crippen LogP contribution is 2.23. The average molecular weight is 240 g/mol. The zero-order valence-electron chi connectivity index (χ0n) is 9.31. The van der Waals surface area contributed by atoms with Crippen LogP contribution in [0.25, 0.3) is 0 Å². The SMILES string of the molecule is CN(C(=O)c1coc(CN)c1)C1CCSC1. The number of thioether (sulfide) groups is 1. The highest BCUT2D eigenvalue weighted by Gasteiger charge is 2.25. The van der Waals surface area contributed by atoms with Crippen LogP contribution in [0.3, 0.4) is 0 Å². The molecule has 0 radical (unpaired) electrons. The van der Waals surface area contributed by atoms with E-state index in [2.05, 4.69) is 0 Å². The summed E-state index contributed by atoms with van der Waals surface area (Å²) in [5, 5.41) is 0. The topological polar surface area (TPSA) is 59.5 Å². The molecule has 2 heterocycles. The maximum atomic E-state index is 12.1. The molecular weight excluding hydrogens is 224 g/mol. The molecule has 1 amide bonds. The van der Waals surface area contributed by atoms with Crippen molar-refractivity contribution in [3.8, 4) is 0 Å². The van der Waals surface area contributed by atoms with Gasteiger partial charge in [-0.05, 0) is 18.2 Å². The second kappa shape index (κ2) is 4.93. The molecule has 1 aromatic heterocycles. The summed E-state index contributed by atoms with van der Waals surface area (Å²) in [7, 11) is 1.86. The Hall–Kier alpha value is -0.940. The van der Waals surface area contributed by atoms with Gasteiger partial charge in [0.05, 0.1) is 12.1 Å². The molecule has 0 bridgehead atoms. The third kappa shape index (κ3) is 2.25. The number of nitrogens with zero attached hydrogens (tertiary/aromatic N) is 1. The molecular formula is C11H16N2O2S. The van der Waals surface area contributed by atoms with Crippen molar-refractivity contribution in [3.63, 3.8) is 0 Å². The van der Waals surface area contributed by atoms with Crippen molar-refractivity contribution < 1.29 is 9.21 Å². The second-order valence-electron chi connectivity index (χ2n) is 3.94. The smallest absolute Gasteiger partial charge is 0.257 e. The number of nitrogens with two attached hydrogens (primary N) is 1. The fourth-order valence-corrected chi connectivity index (χ4v) is 3.06. The molecule has 1 aliphatic heterocycles. The quantitative estimate of drug-likeness (QED) is 0.865. The minimum absolute atomic E-state index is 0.0240. The van der Waals surface area contributed by atoms with E-state index in [0.29, 0.717) is 23.9 Å². The molecule has 0 spiro atoms. The van der Waals surface area contributed by atoms with Gasteiger partial charge in [-0.1, -0.05) is 0 Å². The first-order valence-electron chi connectivity index (χ1n) is 5.34. The molecule has 2 N–H and O–H groups in total. The van der Waals surface area contributed by atoms with Gasteiger partial charge >= 0.3 is 0 Å². The summed E-state index contributed by atoms with van der Waals surface area (Å²) in [6.07, 6.45) is 2.57. The molecule has 1 unspecified atom stereocenters. The molecule has 1 aromatic rings. The Morgan fingerprint density at radius 2 is 2.56 bits per heavy atom. The zero-order valence-corrected chi connectivity index (χ0v) is 10.1. The first kappa shape index (κ1) is 11.5. The predicted octanol–water partition coefficient (Wildman–Crippen LogP) is 1.32. The summed E-state index contributed by atoms with van der Waals surface area (Å²) >= 11 is 1.90. The van der Waals surface area contributed by atoms with Gasteiger partial charge in [0.1, 0.15) is 12.0 Å². The Kier molecular flexibility index (Phi) is 3.56. The van der Waals surface area contributed by atoms with E-state index in [9.17, 15) is 4.79 Å². The molecule has 5 heteroatoms. The van der Waals surface area contributed by atoms with E-state index in [4.69, 9.17) is 10.2 Å². The lowest BCUT2D eigenvalue weighted by molar-refractivity contribution is 0.0747. The van der Waals surface area contributed by atoms with Gasteiger partial charge in [-0.25, -0.2) is 0 Å². The van der Waals surface area contributed by atoms with Crippen LogP contribution >= 0.6 is 11.8 Å². The molecule has 2 rings (SSSR count). The Labute approximate surface area is 99.2 Å². The van der Waals surface area contributed by atoms with E-state index in [1.165, 1.54) is 6.26 Å². The monoisotopic (exact) mass is 240 g/mol. The molecule has 0 saturated carbocycles.